The molecule has 6 nitrogen and oxygen atoms in total. The van der Waals surface area contributed by atoms with Gasteiger partial charge in [0.2, 0.25) is 0 Å². The molecule has 0 aromatic carbocycles. The van der Waals surface area contributed by atoms with Crippen molar-refractivity contribution in [1.29, 1.82) is 0 Å². The molecule has 5 heterocycles. The molecule has 0 amide bonds. The fourth-order valence-corrected chi connectivity index (χ4v) is 4.54. The van der Waals surface area contributed by atoms with E-state index >= 15 is 0 Å². The SMILES string of the molecule is CC.CC(C)N1CC=C(c2ccc(-c3nccc4[nH]c(CN5CCOCC5)cc34)cn2)CC1. The van der Waals surface area contributed by atoms with E-state index in [1.807, 2.05) is 26.2 Å². The lowest BCUT2D eigenvalue weighted by Crippen LogP contribution is -2.35. The summed E-state index contributed by atoms with van der Waals surface area (Å²) >= 11 is 0. The normalized spacial score (nSPS) is 17.7. The highest BCUT2D eigenvalue weighted by atomic mass is 16.5. The molecule has 0 radical (unpaired) electrons. The summed E-state index contributed by atoms with van der Waals surface area (Å²) in [4.78, 5) is 18.0. The number of morpholine rings is 1. The molecular formula is C27H37N5O. The molecule has 2 aliphatic heterocycles. The van der Waals surface area contributed by atoms with Gasteiger partial charge in [0.15, 0.2) is 0 Å². The summed E-state index contributed by atoms with van der Waals surface area (Å²) in [5.74, 6) is 0. The topological polar surface area (TPSA) is 57.3 Å². The standard InChI is InChI=1S/C25H31N5O.C2H6/c1-18(2)30-9-6-19(7-10-30)23-4-3-20(16-27-23)25-22-15-21(28-24(22)5-8-26-25)17-29-11-13-31-14-12-29;1-2/h3-6,8,15-16,18,28H,7,9-14,17H2,1-2H3;1-2H3. The molecule has 1 saturated heterocycles. The zero-order valence-electron chi connectivity index (χ0n) is 20.5. The van der Waals surface area contributed by atoms with E-state index in [1.54, 1.807) is 0 Å². The minimum absolute atomic E-state index is 0.592. The number of hydrogen-bond acceptors (Lipinski definition) is 5. The van der Waals surface area contributed by atoms with Gasteiger partial charge in [0.25, 0.3) is 0 Å². The van der Waals surface area contributed by atoms with Crippen LogP contribution in [0.4, 0.5) is 0 Å². The van der Waals surface area contributed by atoms with Gasteiger partial charge >= 0.3 is 0 Å². The summed E-state index contributed by atoms with van der Waals surface area (Å²) in [5.41, 5.74) is 6.83. The van der Waals surface area contributed by atoms with Gasteiger partial charge in [0.1, 0.15) is 0 Å². The van der Waals surface area contributed by atoms with E-state index < -0.39 is 0 Å². The summed E-state index contributed by atoms with van der Waals surface area (Å²) in [7, 11) is 0. The Morgan fingerprint density at radius 2 is 1.88 bits per heavy atom. The number of hydrogen-bond donors (Lipinski definition) is 1. The number of rotatable bonds is 5. The Balaban J connectivity index is 0.00000126. The number of H-pyrrole nitrogens is 1. The van der Waals surface area contributed by atoms with Crippen molar-refractivity contribution in [3.63, 3.8) is 0 Å². The molecule has 5 rings (SSSR count). The first-order chi connectivity index (χ1) is 16.2. The molecule has 0 unspecified atom stereocenters. The van der Waals surface area contributed by atoms with Gasteiger partial charge in [-0.1, -0.05) is 19.9 Å². The van der Waals surface area contributed by atoms with Gasteiger partial charge in [-0.15, -0.1) is 0 Å². The second-order valence-electron chi connectivity index (χ2n) is 8.80. The number of aromatic amines is 1. The molecule has 3 aromatic rings. The number of nitrogens with zero attached hydrogens (tertiary/aromatic N) is 4. The van der Waals surface area contributed by atoms with E-state index in [0.29, 0.717) is 6.04 Å². The molecule has 1 fully saturated rings. The molecule has 1 N–H and O–H groups in total. The lowest BCUT2D eigenvalue weighted by Gasteiger charge is -2.29. The molecule has 0 saturated carbocycles. The zero-order chi connectivity index (χ0) is 23.2. The first-order valence-corrected chi connectivity index (χ1v) is 12.3. The van der Waals surface area contributed by atoms with Crippen molar-refractivity contribution in [2.75, 3.05) is 39.4 Å². The Labute approximate surface area is 197 Å². The Morgan fingerprint density at radius 3 is 2.55 bits per heavy atom. The van der Waals surface area contributed by atoms with E-state index in [1.165, 1.54) is 11.3 Å². The Morgan fingerprint density at radius 1 is 1.06 bits per heavy atom. The van der Waals surface area contributed by atoms with Crippen LogP contribution in [0.15, 0.2) is 42.7 Å². The average Bonchev–Trinajstić information content (AvgIpc) is 3.28. The van der Waals surface area contributed by atoms with Crippen LogP contribution in [0.3, 0.4) is 0 Å². The summed E-state index contributed by atoms with van der Waals surface area (Å²) in [5, 5.41) is 1.16. The highest BCUT2D eigenvalue weighted by molar-refractivity contribution is 5.93. The maximum Gasteiger partial charge on any atom is 0.0811 e. The second kappa shape index (κ2) is 11.1. The highest BCUT2D eigenvalue weighted by Crippen LogP contribution is 2.29. The van der Waals surface area contributed by atoms with Crippen LogP contribution >= 0.6 is 0 Å². The molecule has 6 heteroatoms. The van der Waals surface area contributed by atoms with E-state index in [9.17, 15) is 0 Å². The lowest BCUT2D eigenvalue weighted by atomic mass is 10.0. The van der Waals surface area contributed by atoms with Gasteiger partial charge in [0.05, 0.1) is 24.6 Å². The fraction of sp³-hybridized carbons (Fsp3) is 0.481. The molecular weight excluding hydrogens is 410 g/mol. The van der Waals surface area contributed by atoms with Crippen molar-refractivity contribution in [2.24, 2.45) is 0 Å². The Hall–Kier alpha value is -2.54. The van der Waals surface area contributed by atoms with Crippen LogP contribution in [-0.2, 0) is 11.3 Å². The number of nitrogens with one attached hydrogen (secondary N) is 1. The van der Waals surface area contributed by atoms with Crippen LogP contribution in [0.1, 0.15) is 45.5 Å². The van der Waals surface area contributed by atoms with Gasteiger partial charge in [-0.2, -0.15) is 0 Å². The minimum atomic E-state index is 0.592. The molecule has 0 atom stereocenters. The minimum Gasteiger partial charge on any atom is -0.379 e. The Bertz CT molecular complexity index is 1060. The molecule has 0 spiro atoms. The summed E-state index contributed by atoms with van der Waals surface area (Å²) in [6, 6.07) is 9.19. The smallest absolute Gasteiger partial charge is 0.0811 e. The van der Waals surface area contributed by atoms with Crippen LogP contribution in [-0.4, -0.2) is 70.2 Å². The van der Waals surface area contributed by atoms with E-state index in [2.05, 4.69) is 59.0 Å². The summed E-state index contributed by atoms with van der Waals surface area (Å²) in [6.45, 7) is 15.1. The van der Waals surface area contributed by atoms with Gasteiger partial charge in [-0.05, 0) is 50.1 Å². The van der Waals surface area contributed by atoms with Crippen LogP contribution < -0.4 is 0 Å². The number of pyridine rings is 2. The largest absolute Gasteiger partial charge is 0.379 e. The van der Waals surface area contributed by atoms with Gasteiger partial charge in [0, 0.05) is 73.3 Å². The first-order valence-electron chi connectivity index (χ1n) is 12.3. The van der Waals surface area contributed by atoms with Crippen molar-refractivity contribution in [3.05, 3.63) is 54.1 Å². The molecule has 0 bridgehead atoms. The van der Waals surface area contributed by atoms with E-state index in [0.717, 1.165) is 80.2 Å². The third-order valence-electron chi connectivity index (χ3n) is 6.44. The monoisotopic (exact) mass is 447 g/mol. The Kier molecular flexibility index (Phi) is 7.91. The quantitative estimate of drug-likeness (QED) is 0.598. The van der Waals surface area contributed by atoms with Crippen molar-refractivity contribution in [1.82, 2.24) is 24.8 Å². The van der Waals surface area contributed by atoms with Crippen molar-refractivity contribution < 1.29 is 4.74 Å². The van der Waals surface area contributed by atoms with Gasteiger partial charge in [-0.3, -0.25) is 19.8 Å². The van der Waals surface area contributed by atoms with Crippen LogP contribution in [0, 0.1) is 0 Å². The molecule has 33 heavy (non-hydrogen) atoms. The molecule has 3 aromatic heterocycles. The maximum atomic E-state index is 5.47. The number of aromatic nitrogens is 3. The predicted octanol–water partition coefficient (Wildman–Crippen LogP) is 4.98. The highest BCUT2D eigenvalue weighted by Gasteiger charge is 2.17. The van der Waals surface area contributed by atoms with Crippen molar-refractivity contribution in [3.8, 4) is 11.3 Å². The number of ether oxygens (including phenoxy) is 1. The summed E-state index contributed by atoms with van der Waals surface area (Å²) in [6.07, 6.45) is 7.24. The lowest BCUT2D eigenvalue weighted by molar-refractivity contribution is 0.0337. The molecule has 2 aliphatic rings. The maximum absolute atomic E-state index is 5.47. The van der Waals surface area contributed by atoms with Crippen molar-refractivity contribution >= 4 is 16.5 Å². The predicted molar refractivity (Wildman–Crippen MR) is 136 cm³/mol. The third-order valence-corrected chi connectivity index (χ3v) is 6.44. The fourth-order valence-electron chi connectivity index (χ4n) is 4.54. The average molecular weight is 448 g/mol. The van der Waals surface area contributed by atoms with E-state index in [4.69, 9.17) is 14.7 Å². The van der Waals surface area contributed by atoms with E-state index in [-0.39, 0.29) is 0 Å². The zero-order valence-corrected chi connectivity index (χ0v) is 20.5. The summed E-state index contributed by atoms with van der Waals surface area (Å²) < 4.78 is 5.47. The van der Waals surface area contributed by atoms with Gasteiger partial charge in [-0.25, -0.2) is 0 Å². The second-order valence-corrected chi connectivity index (χ2v) is 8.80. The molecule has 176 valence electrons. The van der Waals surface area contributed by atoms with Crippen LogP contribution in [0.25, 0.3) is 27.7 Å². The first kappa shape index (κ1) is 23.6. The van der Waals surface area contributed by atoms with Crippen LogP contribution in [0.2, 0.25) is 0 Å². The van der Waals surface area contributed by atoms with Gasteiger partial charge < -0.3 is 9.72 Å². The van der Waals surface area contributed by atoms with Crippen molar-refractivity contribution in [2.45, 2.75) is 46.7 Å². The molecule has 0 aliphatic carbocycles. The number of fused-ring (bicyclic) bond motifs is 1. The van der Waals surface area contributed by atoms with Crippen LogP contribution in [0.5, 0.6) is 0 Å². The third kappa shape index (κ3) is 5.52.